The van der Waals surface area contributed by atoms with Crippen LogP contribution in [0.15, 0.2) is 18.2 Å². The highest BCUT2D eigenvalue weighted by Gasteiger charge is 2.31. The summed E-state index contributed by atoms with van der Waals surface area (Å²) in [6.45, 7) is 2.86. The largest absolute Gasteiger partial charge is 0.388 e. The molecule has 1 aliphatic carbocycles. The summed E-state index contributed by atoms with van der Waals surface area (Å²) in [7, 11) is 0. The van der Waals surface area contributed by atoms with E-state index in [1.54, 1.807) is 18.2 Å². The molecule has 0 radical (unpaired) electrons. The molecule has 1 saturated carbocycles. The average Bonchev–Trinajstić information content (AvgIpc) is 2.84. The minimum Gasteiger partial charge on any atom is -0.388 e. The van der Waals surface area contributed by atoms with Gasteiger partial charge in [0.05, 0.1) is 10.5 Å². The molecule has 1 aromatic rings. The third-order valence-corrected chi connectivity index (χ3v) is 3.73. The zero-order valence-electron chi connectivity index (χ0n) is 11.7. The second-order valence-electron chi connectivity index (χ2n) is 5.27. The first-order valence-corrected chi connectivity index (χ1v) is 7.03. The summed E-state index contributed by atoms with van der Waals surface area (Å²) in [5.41, 5.74) is 0.257. The molecule has 20 heavy (non-hydrogen) atoms. The van der Waals surface area contributed by atoms with Crippen molar-refractivity contribution in [2.75, 3.05) is 23.7 Å². The van der Waals surface area contributed by atoms with Crippen LogP contribution in [-0.2, 0) is 0 Å². The number of rotatable bonds is 6. The normalized spacial score (nSPS) is 16.9. The van der Waals surface area contributed by atoms with E-state index in [4.69, 9.17) is 0 Å². The summed E-state index contributed by atoms with van der Waals surface area (Å²) in [6.07, 6.45) is 3.52. The van der Waals surface area contributed by atoms with Gasteiger partial charge in [-0.3, -0.25) is 10.1 Å². The van der Waals surface area contributed by atoms with Gasteiger partial charge in [-0.2, -0.15) is 0 Å². The molecule has 0 atom stereocenters. The molecule has 0 saturated heterocycles. The van der Waals surface area contributed by atoms with Gasteiger partial charge in [0, 0.05) is 13.1 Å². The minimum absolute atomic E-state index is 0.0379. The molecule has 1 aliphatic rings. The number of nitrogens with zero attached hydrogens (tertiary/aromatic N) is 1. The highest BCUT2D eigenvalue weighted by atomic mass is 16.6. The number of benzene rings is 1. The molecule has 6 nitrogen and oxygen atoms in total. The van der Waals surface area contributed by atoms with Gasteiger partial charge in [-0.1, -0.05) is 18.9 Å². The fourth-order valence-electron chi connectivity index (χ4n) is 2.69. The van der Waals surface area contributed by atoms with Crippen LogP contribution >= 0.6 is 0 Å². The highest BCUT2D eigenvalue weighted by molar-refractivity contribution is 5.76. The van der Waals surface area contributed by atoms with Crippen LogP contribution in [0.25, 0.3) is 0 Å². The molecule has 0 aliphatic heterocycles. The Morgan fingerprint density at radius 1 is 1.30 bits per heavy atom. The highest BCUT2D eigenvalue weighted by Crippen LogP contribution is 2.35. The number of hydrogen-bond donors (Lipinski definition) is 3. The van der Waals surface area contributed by atoms with Crippen molar-refractivity contribution in [3.05, 3.63) is 28.3 Å². The quantitative estimate of drug-likeness (QED) is 0.550. The Labute approximate surface area is 118 Å². The van der Waals surface area contributed by atoms with E-state index in [2.05, 4.69) is 10.6 Å². The van der Waals surface area contributed by atoms with Crippen LogP contribution in [0, 0.1) is 10.1 Å². The van der Waals surface area contributed by atoms with E-state index in [0.717, 1.165) is 25.7 Å². The van der Waals surface area contributed by atoms with Crippen molar-refractivity contribution >= 4 is 17.1 Å². The van der Waals surface area contributed by atoms with E-state index in [0.29, 0.717) is 24.5 Å². The van der Waals surface area contributed by atoms with E-state index in [-0.39, 0.29) is 10.6 Å². The van der Waals surface area contributed by atoms with E-state index in [1.807, 2.05) is 6.92 Å². The SMILES string of the molecule is CCNc1cccc(NCC2(O)CCCC2)c1[N+](=O)[O-]. The van der Waals surface area contributed by atoms with Crippen molar-refractivity contribution in [2.45, 2.75) is 38.2 Å². The van der Waals surface area contributed by atoms with Crippen LogP contribution in [0.5, 0.6) is 0 Å². The summed E-state index contributed by atoms with van der Waals surface area (Å²) in [6, 6.07) is 5.14. The molecule has 0 spiro atoms. The van der Waals surface area contributed by atoms with Crippen LogP contribution in [0.3, 0.4) is 0 Å². The Morgan fingerprint density at radius 2 is 1.90 bits per heavy atom. The van der Waals surface area contributed by atoms with Crippen LogP contribution in [0.2, 0.25) is 0 Å². The smallest absolute Gasteiger partial charge is 0.315 e. The van der Waals surface area contributed by atoms with E-state index in [9.17, 15) is 15.2 Å². The zero-order valence-corrected chi connectivity index (χ0v) is 11.7. The predicted molar refractivity (Wildman–Crippen MR) is 79.2 cm³/mol. The Bertz CT molecular complexity index is 485. The van der Waals surface area contributed by atoms with Gasteiger partial charge in [0.25, 0.3) is 0 Å². The van der Waals surface area contributed by atoms with Crippen LogP contribution in [0.4, 0.5) is 17.1 Å². The average molecular weight is 279 g/mol. The van der Waals surface area contributed by atoms with Crippen LogP contribution in [0.1, 0.15) is 32.6 Å². The van der Waals surface area contributed by atoms with Gasteiger partial charge in [0.15, 0.2) is 0 Å². The van der Waals surface area contributed by atoms with E-state index in [1.165, 1.54) is 0 Å². The summed E-state index contributed by atoms with van der Waals surface area (Å²) in [5.74, 6) is 0. The third-order valence-electron chi connectivity index (χ3n) is 3.73. The van der Waals surface area contributed by atoms with Gasteiger partial charge < -0.3 is 15.7 Å². The molecular weight excluding hydrogens is 258 g/mol. The van der Waals surface area contributed by atoms with Gasteiger partial charge in [-0.15, -0.1) is 0 Å². The lowest BCUT2D eigenvalue weighted by Crippen LogP contribution is -2.33. The molecule has 3 N–H and O–H groups in total. The van der Waals surface area contributed by atoms with Gasteiger partial charge in [0.2, 0.25) is 0 Å². The number of para-hydroxylation sites is 1. The van der Waals surface area contributed by atoms with Crippen molar-refractivity contribution in [3.8, 4) is 0 Å². The molecule has 0 aromatic heterocycles. The number of aliphatic hydroxyl groups is 1. The number of anilines is 2. The molecule has 0 amide bonds. The minimum atomic E-state index is -0.734. The molecule has 110 valence electrons. The number of nitrogens with one attached hydrogen (secondary N) is 2. The third kappa shape index (κ3) is 3.19. The first-order chi connectivity index (χ1) is 9.56. The molecule has 0 heterocycles. The van der Waals surface area contributed by atoms with Crippen molar-refractivity contribution < 1.29 is 10.0 Å². The summed E-state index contributed by atoms with van der Waals surface area (Å²) in [4.78, 5) is 10.9. The maximum atomic E-state index is 11.3. The number of nitro groups is 1. The first kappa shape index (κ1) is 14.6. The first-order valence-electron chi connectivity index (χ1n) is 7.03. The molecule has 6 heteroatoms. The van der Waals surface area contributed by atoms with Crippen LogP contribution < -0.4 is 10.6 Å². The molecule has 1 fully saturated rings. The van der Waals surface area contributed by atoms with Gasteiger partial charge >= 0.3 is 5.69 Å². The molecule has 1 aromatic carbocycles. The topological polar surface area (TPSA) is 87.4 Å². The summed E-state index contributed by atoms with van der Waals surface area (Å²) < 4.78 is 0. The Hall–Kier alpha value is -1.82. The fraction of sp³-hybridized carbons (Fsp3) is 0.571. The van der Waals surface area contributed by atoms with E-state index < -0.39 is 5.60 Å². The Kier molecular flexibility index (Phi) is 4.44. The van der Waals surface area contributed by atoms with Crippen molar-refractivity contribution in [1.29, 1.82) is 0 Å². The summed E-state index contributed by atoms with van der Waals surface area (Å²) >= 11 is 0. The van der Waals surface area contributed by atoms with E-state index >= 15 is 0 Å². The predicted octanol–water partition coefficient (Wildman–Crippen LogP) is 2.74. The Balaban J connectivity index is 2.18. The summed E-state index contributed by atoms with van der Waals surface area (Å²) in [5, 5.41) is 27.6. The zero-order chi connectivity index (χ0) is 14.6. The number of nitro benzene ring substituents is 1. The molecule has 0 unspecified atom stereocenters. The van der Waals surface area contributed by atoms with Crippen LogP contribution in [-0.4, -0.2) is 28.7 Å². The van der Waals surface area contributed by atoms with Crippen molar-refractivity contribution in [3.63, 3.8) is 0 Å². The van der Waals surface area contributed by atoms with Gasteiger partial charge in [0.1, 0.15) is 11.4 Å². The lowest BCUT2D eigenvalue weighted by atomic mass is 10.0. The monoisotopic (exact) mass is 279 g/mol. The van der Waals surface area contributed by atoms with Gasteiger partial charge in [-0.05, 0) is 31.9 Å². The molecular formula is C14H21N3O3. The van der Waals surface area contributed by atoms with Crippen molar-refractivity contribution in [1.82, 2.24) is 0 Å². The van der Waals surface area contributed by atoms with Crippen molar-refractivity contribution in [2.24, 2.45) is 0 Å². The van der Waals surface area contributed by atoms with Gasteiger partial charge in [-0.25, -0.2) is 0 Å². The second-order valence-corrected chi connectivity index (χ2v) is 5.27. The lowest BCUT2D eigenvalue weighted by Gasteiger charge is -2.23. The molecule has 0 bridgehead atoms. The molecule has 2 rings (SSSR count). The fourth-order valence-corrected chi connectivity index (χ4v) is 2.69. The standard InChI is InChI=1S/C14H21N3O3/c1-2-15-11-6-5-7-12(13(11)17(19)20)16-10-14(18)8-3-4-9-14/h5-7,15-16,18H,2-4,8-10H2,1H3. The maximum absolute atomic E-state index is 11.3. The lowest BCUT2D eigenvalue weighted by molar-refractivity contribution is -0.383. The Morgan fingerprint density at radius 3 is 2.45 bits per heavy atom. The number of hydrogen-bond acceptors (Lipinski definition) is 5. The maximum Gasteiger partial charge on any atom is 0.315 e. The second kappa shape index (κ2) is 6.09.